The highest BCUT2D eigenvalue weighted by Crippen LogP contribution is 2.29. The van der Waals surface area contributed by atoms with Crippen molar-refractivity contribution in [2.24, 2.45) is 0 Å². The number of hydrogen-bond donors (Lipinski definition) is 2. The maximum Gasteiger partial charge on any atom is 0.444 e. The zero-order valence-electron chi connectivity index (χ0n) is 10.2. The highest BCUT2D eigenvalue weighted by molar-refractivity contribution is 6.20. The van der Waals surface area contributed by atoms with Gasteiger partial charge in [0.2, 0.25) is 5.91 Å². The fourth-order valence-electron chi connectivity index (χ4n) is 1.14. The number of ether oxygens (including phenoxy) is 1. The van der Waals surface area contributed by atoms with Crippen LogP contribution in [0.4, 0.5) is 18.9 Å². The Morgan fingerprint density at radius 2 is 1.86 bits per heavy atom. The van der Waals surface area contributed by atoms with Crippen molar-refractivity contribution in [3.63, 3.8) is 0 Å². The number of carboxylic acids is 1. The van der Waals surface area contributed by atoms with Gasteiger partial charge in [0.25, 0.3) is 5.63 Å². The predicted molar refractivity (Wildman–Crippen MR) is 68.2 cm³/mol. The van der Waals surface area contributed by atoms with E-state index in [9.17, 15) is 22.8 Å². The van der Waals surface area contributed by atoms with Gasteiger partial charge in [0.1, 0.15) is 5.75 Å². The van der Waals surface area contributed by atoms with Crippen LogP contribution in [-0.2, 0) is 9.59 Å². The van der Waals surface area contributed by atoms with Crippen LogP contribution in [0, 0.1) is 0 Å². The van der Waals surface area contributed by atoms with Gasteiger partial charge in [-0.1, -0.05) is 11.6 Å². The van der Waals surface area contributed by atoms with Crippen molar-refractivity contribution in [2.75, 3.05) is 5.32 Å². The molecule has 1 atom stereocenters. The van der Waals surface area contributed by atoms with E-state index in [0.29, 0.717) is 6.08 Å². The van der Waals surface area contributed by atoms with E-state index in [0.717, 1.165) is 18.2 Å². The van der Waals surface area contributed by atoms with Gasteiger partial charge >= 0.3 is 12.1 Å². The standard InChI is InChI=1S/C12H9ClF3NO4/c13-11(14)12(15,16)21-8-3-1-7(2-4-8)17-9(18)5-6-10(19)20/h1-6,11H,(H,17,18)(H,19,20)/b6-5+. The number of aliphatic carboxylic acids is 1. The lowest BCUT2D eigenvalue weighted by Crippen LogP contribution is -2.32. The number of halogens is 4. The first-order valence-corrected chi connectivity index (χ1v) is 5.81. The first-order chi connectivity index (χ1) is 9.70. The molecule has 0 aromatic heterocycles. The molecule has 1 aromatic carbocycles. The molecule has 9 heteroatoms. The van der Waals surface area contributed by atoms with Gasteiger partial charge in [0.15, 0.2) is 0 Å². The van der Waals surface area contributed by atoms with E-state index in [-0.39, 0.29) is 11.4 Å². The number of rotatable bonds is 6. The topological polar surface area (TPSA) is 75.6 Å². The van der Waals surface area contributed by atoms with Crippen LogP contribution in [-0.4, -0.2) is 28.7 Å². The zero-order valence-corrected chi connectivity index (χ0v) is 11.0. The molecule has 2 N–H and O–H groups in total. The summed E-state index contributed by atoms with van der Waals surface area (Å²) in [5.41, 5.74) is -2.80. The fourth-order valence-corrected chi connectivity index (χ4v) is 1.18. The molecule has 0 fully saturated rings. The fraction of sp³-hybridized carbons (Fsp3) is 0.167. The molecule has 1 amide bonds. The summed E-state index contributed by atoms with van der Waals surface area (Å²) in [7, 11) is 0. The molecule has 1 unspecified atom stereocenters. The number of anilines is 1. The molecular weight excluding hydrogens is 315 g/mol. The molecule has 114 valence electrons. The van der Waals surface area contributed by atoms with Gasteiger partial charge in [-0.15, -0.1) is 0 Å². The van der Waals surface area contributed by atoms with E-state index in [1.165, 1.54) is 12.1 Å². The Hall–Kier alpha value is -2.22. The smallest absolute Gasteiger partial charge is 0.444 e. The highest BCUT2D eigenvalue weighted by Gasteiger charge is 2.42. The molecule has 0 radical (unpaired) electrons. The number of hydrogen-bond acceptors (Lipinski definition) is 3. The van der Waals surface area contributed by atoms with E-state index < -0.39 is 23.6 Å². The second kappa shape index (κ2) is 6.98. The summed E-state index contributed by atoms with van der Waals surface area (Å²) in [4.78, 5) is 21.4. The van der Waals surface area contributed by atoms with Crippen molar-refractivity contribution in [3.05, 3.63) is 36.4 Å². The first-order valence-electron chi connectivity index (χ1n) is 5.38. The Balaban J connectivity index is 2.66. The molecule has 5 nitrogen and oxygen atoms in total. The average molecular weight is 324 g/mol. The molecule has 0 aliphatic carbocycles. The van der Waals surface area contributed by atoms with Crippen LogP contribution in [0.2, 0.25) is 0 Å². The minimum absolute atomic E-state index is 0.202. The molecular formula is C12H9ClF3NO4. The van der Waals surface area contributed by atoms with E-state index >= 15 is 0 Å². The number of amides is 1. The number of nitrogens with one attached hydrogen (secondary N) is 1. The number of carbonyl (C=O) groups excluding carboxylic acids is 1. The molecule has 0 heterocycles. The average Bonchev–Trinajstić information content (AvgIpc) is 2.38. The lowest BCUT2D eigenvalue weighted by Gasteiger charge is -2.17. The maximum atomic E-state index is 12.9. The van der Waals surface area contributed by atoms with Crippen LogP contribution in [0.15, 0.2) is 36.4 Å². The van der Waals surface area contributed by atoms with Crippen molar-refractivity contribution in [1.29, 1.82) is 0 Å². The summed E-state index contributed by atoms with van der Waals surface area (Å²) in [5, 5.41) is 10.6. The minimum atomic E-state index is -4.18. The normalized spacial score (nSPS) is 13.0. The lowest BCUT2D eigenvalue weighted by atomic mass is 10.3. The summed E-state index contributed by atoms with van der Waals surface area (Å²) in [5.74, 6) is -2.37. The van der Waals surface area contributed by atoms with E-state index in [4.69, 9.17) is 5.11 Å². The molecule has 0 aliphatic heterocycles. The summed E-state index contributed by atoms with van der Waals surface area (Å²) in [6, 6.07) is 4.53. The summed E-state index contributed by atoms with van der Waals surface area (Å²) < 4.78 is 42.1. The van der Waals surface area contributed by atoms with Gasteiger partial charge in [0, 0.05) is 17.8 Å². The van der Waals surface area contributed by atoms with E-state index in [1.807, 2.05) is 0 Å². The van der Waals surface area contributed by atoms with Gasteiger partial charge in [-0.2, -0.15) is 8.78 Å². The highest BCUT2D eigenvalue weighted by atomic mass is 35.5. The monoisotopic (exact) mass is 323 g/mol. The predicted octanol–water partition coefficient (Wildman–Crippen LogP) is 2.77. The van der Waals surface area contributed by atoms with Gasteiger partial charge in [-0.05, 0) is 24.3 Å². The van der Waals surface area contributed by atoms with Crippen LogP contribution < -0.4 is 10.1 Å². The van der Waals surface area contributed by atoms with Crippen molar-refractivity contribution >= 4 is 29.2 Å². The Kier molecular flexibility index (Phi) is 5.60. The largest absolute Gasteiger partial charge is 0.478 e. The van der Waals surface area contributed by atoms with Crippen LogP contribution >= 0.6 is 11.6 Å². The van der Waals surface area contributed by atoms with Crippen LogP contribution in [0.3, 0.4) is 0 Å². The first kappa shape index (κ1) is 16.8. The van der Waals surface area contributed by atoms with Crippen molar-refractivity contribution in [2.45, 2.75) is 11.7 Å². The Morgan fingerprint density at radius 1 is 1.29 bits per heavy atom. The number of carboxylic acid groups (broad SMARTS) is 1. The van der Waals surface area contributed by atoms with E-state index in [2.05, 4.69) is 21.7 Å². The number of carbonyl (C=O) groups is 2. The second-order valence-corrected chi connectivity index (χ2v) is 4.03. The maximum absolute atomic E-state index is 12.9. The molecule has 0 spiro atoms. The summed E-state index contributed by atoms with van der Waals surface area (Å²) >= 11 is 4.63. The number of benzene rings is 1. The quantitative estimate of drug-likeness (QED) is 0.623. The molecule has 1 aromatic rings. The van der Waals surface area contributed by atoms with Gasteiger partial charge in [-0.3, -0.25) is 4.79 Å². The Morgan fingerprint density at radius 3 is 2.33 bits per heavy atom. The third kappa shape index (κ3) is 5.74. The molecule has 0 aliphatic rings. The summed E-state index contributed by atoms with van der Waals surface area (Å²) in [6.45, 7) is 0. The van der Waals surface area contributed by atoms with Crippen LogP contribution in [0.25, 0.3) is 0 Å². The summed E-state index contributed by atoms with van der Waals surface area (Å²) in [6.07, 6.45) is -2.77. The van der Waals surface area contributed by atoms with Gasteiger partial charge in [-0.25, -0.2) is 9.18 Å². The molecule has 0 bridgehead atoms. The van der Waals surface area contributed by atoms with Crippen LogP contribution in [0.1, 0.15) is 0 Å². The molecule has 0 saturated carbocycles. The van der Waals surface area contributed by atoms with E-state index in [1.54, 1.807) is 0 Å². The van der Waals surface area contributed by atoms with Gasteiger partial charge in [0.05, 0.1) is 0 Å². The Bertz CT molecular complexity index is 546. The molecule has 0 saturated heterocycles. The van der Waals surface area contributed by atoms with Crippen molar-refractivity contribution < 1.29 is 32.6 Å². The van der Waals surface area contributed by atoms with Crippen molar-refractivity contribution in [3.8, 4) is 5.75 Å². The van der Waals surface area contributed by atoms with Gasteiger partial charge < -0.3 is 15.2 Å². The lowest BCUT2D eigenvalue weighted by molar-refractivity contribution is -0.199. The zero-order chi connectivity index (χ0) is 16.0. The van der Waals surface area contributed by atoms with Crippen molar-refractivity contribution in [1.82, 2.24) is 0 Å². The molecule has 1 rings (SSSR count). The second-order valence-electron chi connectivity index (χ2n) is 3.65. The minimum Gasteiger partial charge on any atom is -0.478 e. The third-order valence-electron chi connectivity index (χ3n) is 2.01. The SMILES string of the molecule is O=C(O)/C=C/C(=O)Nc1ccc(OC(F)(F)C(F)Cl)cc1. The number of alkyl halides is 4. The molecule has 21 heavy (non-hydrogen) atoms. The van der Waals surface area contributed by atoms with Crippen LogP contribution in [0.5, 0.6) is 5.75 Å². The third-order valence-corrected chi connectivity index (χ3v) is 2.26. The Labute approximate surface area is 122 Å².